The highest BCUT2D eigenvalue weighted by Gasteiger charge is 2.15. The number of nitrogens with one attached hydrogen (secondary N) is 1. The lowest BCUT2D eigenvalue weighted by Gasteiger charge is -2.17. The van der Waals surface area contributed by atoms with Crippen molar-refractivity contribution in [2.75, 3.05) is 25.5 Å². The average molecular weight is 389 g/mol. The molecule has 0 radical (unpaired) electrons. The molecule has 1 N–H and O–H groups in total. The molecule has 0 saturated heterocycles. The zero-order chi connectivity index (χ0) is 19.0. The van der Waals surface area contributed by atoms with E-state index in [9.17, 15) is 14.4 Å². The van der Waals surface area contributed by atoms with Gasteiger partial charge in [0.15, 0.2) is 6.61 Å². The third-order valence-corrected chi connectivity index (χ3v) is 4.03. The van der Waals surface area contributed by atoms with Gasteiger partial charge in [-0.15, -0.1) is 0 Å². The molecule has 0 unspecified atom stereocenters. The molecule has 0 saturated carbocycles. The van der Waals surface area contributed by atoms with Crippen LogP contribution in [0.25, 0.3) is 0 Å². The van der Waals surface area contributed by atoms with Gasteiger partial charge in [0.2, 0.25) is 5.91 Å². The van der Waals surface area contributed by atoms with Gasteiger partial charge in [-0.1, -0.05) is 37.0 Å². The third kappa shape index (κ3) is 8.23. The Labute approximate surface area is 157 Å². The van der Waals surface area contributed by atoms with E-state index in [2.05, 4.69) is 5.32 Å². The molecule has 0 atom stereocenters. The molecule has 0 heterocycles. The Morgan fingerprint density at radius 1 is 1.20 bits per heavy atom. The maximum Gasteiger partial charge on any atom is 0.306 e. The van der Waals surface area contributed by atoms with Crippen molar-refractivity contribution in [1.82, 2.24) is 4.90 Å². The molecule has 0 aliphatic rings. The van der Waals surface area contributed by atoms with E-state index in [1.54, 1.807) is 12.1 Å². The molecule has 0 bridgehead atoms. The maximum atomic E-state index is 12.0. The Hall–Kier alpha value is -1.79. The number of anilines is 1. The lowest BCUT2D eigenvalue weighted by Crippen LogP contribution is -2.37. The van der Waals surface area contributed by atoms with Crippen molar-refractivity contribution in [2.45, 2.75) is 26.7 Å². The number of nitrogens with zero attached hydrogens (tertiary/aromatic N) is 1. The second-order valence-electron chi connectivity index (χ2n) is 6.02. The summed E-state index contributed by atoms with van der Waals surface area (Å²) in [5.74, 6) is -0.894. The monoisotopic (exact) mass is 388 g/mol. The molecule has 0 aromatic heterocycles. The van der Waals surface area contributed by atoms with Crippen molar-refractivity contribution < 1.29 is 19.1 Å². The predicted octanol–water partition coefficient (Wildman–Crippen LogP) is 3.37. The molecule has 138 valence electrons. The van der Waals surface area contributed by atoms with Crippen molar-refractivity contribution in [3.63, 3.8) is 0 Å². The summed E-state index contributed by atoms with van der Waals surface area (Å²) < 4.78 is 4.91. The van der Waals surface area contributed by atoms with Crippen LogP contribution in [0.4, 0.5) is 5.69 Å². The van der Waals surface area contributed by atoms with Crippen LogP contribution in [0.15, 0.2) is 18.2 Å². The topological polar surface area (TPSA) is 75.7 Å². The van der Waals surface area contributed by atoms with Crippen LogP contribution >= 0.6 is 23.2 Å². The maximum absolute atomic E-state index is 12.0. The number of ether oxygens (including phenoxy) is 1. The highest BCUT2D eigenvalue weighted by molar-refractivity contribution is 6.42. The molecule has 8 heteroatoms. The van der Waals surface area contributed by atoms with Gasteiger partial charge in [0.05, 0.1) is 16.6 Å². The Kier molecular flexibility index (Phi) is 8.72. The predicted molar refractivity (Wildman–Crippen MR) is 97.8 cm³/mol. The molecule has 1 rings (SSSR count). The number of esters is 1. The van der Waals surface area contributed by atoms with Crippen LogP contribution in [0.3, 0.4) is 0 Å². The molecule has 0 aliphatic heterocycles. The molecule has 6 nitrogen and oxygen atoms in total. The van der Waals surface area contributed by atoms with Gasteiger partial charge < -0.3 is 15.0 Å². The standard InChI is InChI=1S/C17H22Cl2N2O4/c1-11(2)4-7-17(24)25-10-16(23)21(3)9-15(22)20-12-5-6-13(18)14(19)8-12/h5-6,8,11H,4,7,9-10H2,1-3H3,(H,20,22). The Balaban J connectivity index is 2.39. The van der Waals surface area contributed by atoms with E-state index in [1.165, 1.54) is 18.0 Å². The van der Waals surface area contributed by atoms with Gasteiger partial charge in [-0.25, -0.2) is 0 Å². The van der Waals surface area contributed by atoms with E-state index in [4.69, 9.17) is 27.9 Å². The highest BCUT2D eigenvalue weighted by Crippen LogP contribution is 2.24. The van der Waals surface area contributed by atoms with Crippen LogP contribution in [-0.4, -0.2) is 42.9 Å². The summed E-state index contributed by atoms with van der Waals surface area (Å²) in [6.45, 7) is 3.44. The zero-order valence-corrected chi connectivity index (χ0v) is 16.0. The van der Waals surface area contributed by atoms with E-state index in [-0.39, 0.29) is 19.6 Å². The summed E-state index contributed by atoms with van der Waals surface area (Å²) in [6.07, 6.45) is 0.974. The first-order valence-electron chi connectivity index (χ1n) is 7.83. The number of carbonyl (C=O) groups excluding carboxylic acids is 3. The van der Waals surface area contributed by atoms with E-state index >= 15 is 0 Å². The summed E-state index contributed by atoms with van der Waals surface area (Å²) >= 11 is 11.7. The van der Waals surface area contributed by atoms with Gasteiger partial charge >= 0.3 is 5.97 Å². The number of hydrogen-bond acceptors (Lipinski definition) is 4. The van der Waals surface area contributed by atoms with Crippen LogP contribution in [0, 0.1) is 5.92 Å². The summed E-state index contributed by atoms with van der Waals surface area (Å²) in [5.41, 5.74) is 0.473. The minimum Gasteiger partial charge on any atom is -0.456 e. The van der Waals surface area contributed by atoms with Gasteiger partial charge in [-0.05, 0) is 30.5 Å². The van der Waals surface area contributed by atoms with Crippen LogP contribution in [0.2, 0.25) is 10.0 Å². The van der Waals surface area contributed by atoms with Crippen molar-refractivity contribution in [2.24, 2.45) is 5.92 Å². The fraction of sp³-hybridized carbons (Fsp3) is 0.471. The van der Waals surface area contributed by atoms with Gasteiger partial charge in [0, 0.05) is 19.2 Å². The molecular weight excluding hydrogens is 367 g/mol. The minimum atomic E-state index is -0.456. The van der Waals surface area contributed by atoms with E-state index in [0.717, 1.165) is 0 Å². The second kappa shape index (κ2) is 10.3. The summed E-state index contributed by atoms with van der Waals surface area (Å²) in [7, 11) is 1.46. The van der Waals surface area contributed by atoms with Crippen LogP contribution in [0.1, 0.15) is 26.7 Å². The summed E-state index contributed by atoms with van der Waals surface area (Å²) in [4.78, 5) is 36.5. The first-order chi connectivity index (χ1) is 11.7. The quantitative estimate of drug-likeness (QED) is 0.692. The molecular formula is C17H22Cl2N2O4. The van der Waals surface area contributed by atoms with Crippen LogP contribution in [0.5, 0.6) is 0 Å². The van der Waals surface area contributed by atoms with Crippen molar-refractivity contribution in [3.05, 3.63) is 28.2 Å². The Morgan fingerprint density at radius 3 is 2.48 bits per heavy atom. The third-order valence-electron chi connectivity index (χ3n) is 3.29. The molecule has 0 spiro atoms. The molecule has 2 amide bonds. The Morgan fingerprint density at radius 2 is 1.88 bits per heavy atom. The number of rotatable bonds is 8. The molecule has 25 heavy (non-hydrogen) atoms. The summed E-state index contributed by atoms with van der Waals surface area (Å²) in [5, 5.41) is 3.31. The zero-order valence-electron chi connectivity index (χ0n) is 14.5. The minimum absolute atomic E-state index is 0.178. The summed E-state index contributed by atoms with van der Waals surface area (Å²) in [6, 6.07) is 4.68. The van der Waals surface area contributed by atoms with Crippen molar-refractivity contribution >= 4 is 46.7 Å². The van der Waals surface area contributed by atoms with Gasteiger partial charge in [0.1, 0.15) is 0 Å². The normalized spacial score (nSPS) is 10.5. The smallest absolute Gasteiger partial charge is 0.306 e. The fourth-order valence-corrected chi connectivity index (χ4v) is 2.11. The van der Waals surface area contributed by atoms with Crippen molar-refractivity contribution in [3.8, 4) is 0 Å². The van der Waals surface area contributed by atoms with E-state index in [0.29, 0.717) is 28.1 Å². The van der Waals surface area contributed by atoms with Crippen LogP contribution in [-0.2, 0) is 19.1 Å². The highest BCUT2D eigenvalue weighted by atomic mass is 35.5. The lowest BCUT2D eigenvalue weighted by molar-refractivity contribution is -0.152. The fourth-order valence-electron chi connectivity index (χ4n) is 1.81. The number of benzene rings is 1. The number of likely N-dealkylation sites (N-methyl/N-ethyl adjacent to an activating group) is 1. The number of carbonyl (C=O) groups is 3. The van der Waals surface area contributed by atoms with Gasteiger partial charge in [-0.3, -0.25) is 14.4 Å². The number of halogens is 2. The van der Waals surface area contributed by atoms with Gasteiger partial charge in [0.25, 0.3) is 5.91 Å². The molecule has 0 fully saturated rings. The van der Waals surface area contributed by atoms with E-state index < -0.39 is 17.8 Å². The SMILES string of the molecule is CC(C)CCC(=O)OCC(=O)N(C)CC(=O)Nc1ccc(Cl)c(Cl)c1. The molecule has 1 aromatic rings. The number of hydrogen-bond donors (Lipinski definition) is 1. The largest absolute Gasteiger partial charge is 0.456 e. The second-order valence-corrected chi connectivity index (χ2v) is 6.83. The first-order valence-corrected chi connectivity index (χ1v) is 8.59. The van der Waals surface area contributed by atoms with Gasteiger partial charge in [-0.2, -0.15) is 0 Å². The molecule has 1 aromatic carbocycles. The average Bonchev–Trinajstić information content (AvgIpc) is 2.53. The molecule has 0 aliphatic carbocycles. The first kappa shape index (κ1) is 21.3. The lowest BCUT2D eigenvalue weighted by atomic mass is 10.1. The van der Waals surface area contributed by atoms with Crippen LogP contribution < -0.4 is 5.32 Å². The van der Waals surface area contributed by atoms with E-state index in [1.807, 2.05) is 13.8 Å². The van der Waals surface area contributed by atoms with Crippen molar-refractivity contribution in [1.29, 1.82) is 0 Å². The Bertz CT molecular complexity index is 635. The number of amides is 2.